The number of aliphatic hydroxyl groups is 1. The van der Waals surface area contributed by atoms with Gasteiger partial charge in [-0.15, -0.1) is 11.3 Å². The summed E-state index contributed by atoms with van der Waals surface area (Å²) >= 11 is 1.54. The number of ether oxygens (including phenoxy) is 1. The maximum atomic E-state index is 9.87. The number of thiazole rings is 1. The van der Waals surface area contributed by atoms with Gasteiger partial charge in [-0.25, -0.2) is 4.98 Å². The molecule has 4 heteroatoms. The summed E-state index contributed by atoms with van der Waals surface area (Å²) in [7, 11) is 0. The molecule has 2 rings (SSSR count). The maximum Gasteiger partial charge on any atom is 0.119 e. The third-order valence-corrected chi connectivity index (χ3v) is 4.13. The first-order valence-corrected chi connectivity index (χ1v) is 7.14. The van der Waals surface area contributed by atoms with Crippen LogP contribution in [0.15, 0.2) is 30.5 Å². The van der Waals surface area contributed by atoms with E-state index in [-0.39, 0.29) is 0 Å². The second kappa shape index (κ2) is 5.72. The maximum absolute atomic E-state index is 9.87. The van der Waals surface area contributed by atoms with Crippen molar-refractivity contribution in [3.8, 4) is 5.75 Å². The van der Waals surface area contributed by atoms with Gasteiger partial charge in [-0.1, -0.05) is 17.7 Å². The van der Waals surface area contributed by atoms with Crippen LogP contribution in [0.1, 0.15) is 29.3 Å². The quantitative estimate of drug-likeness (QED) is 0.911. The molecular formula is C15H19NO2S. The van der Waals surface area contributed by atoms with Gasteiger partial charge >= 0.3 is 0 Å². The highest BCUT2D eigenvalue weighted by atomic mass is 32.1. The van der Waals surface area contributed by atoms with Crippen LogP contribution in [0.2, 0.25) is 0 Å². The summed E-state index contributed by atoms with van der Waals surface area (Å²) in [6.45, 7) is 6.19. The Hall–Kier alpha value is -1.39. The van der Waals surface area contributed by atoms with Crippen LogP contribution >= 0.6 is 11.3 Å². The summed E-state index contributed by atoms with van der Waals surface area (Å²) in [5, 5.41) is 10.9. The summed E-state index contributed by atoms with van der Waals surface area (Å²) in [5.41, 5.74) is 0.412. The third kappa shape index (κ3) is 4.04. The number of hydrogen-bond acceptors (Lipinski definition) is 4. The second-order valence-corrected chi connectivity index (χ2v) is 6.20. The number of benzene rings is 1. The molecular weight excluding hydrogens is 258 g/mol. The van der Waals surface area contributed by atoms with Crippen molar-refractivity contribution in [1.29, 1.82) is 0 Å². The van der Waals surface area contributed by atoms with Crippen molar-refractivity contribution in [2.75, 3.05) is 6.61 Å². The zero-order valence-electron chi connectivity index (χ0n) is 11.5. The first-order chi connectivity index (χ1) is 8.95. The Kier molecular flexibility index (Phi) is 4.22. The Morgan fingerprint density at radius 3 is 2.53 bits per heavy atom. The monoisotopic (exact) mass is 277 g/mol. The van der Waals surface area contributed by atoms with Crippen molar-refractivity contribution >= 4 is 11.3 Å². The van der Waals surface area contributed by atoms with Gasteiger partial charge in [0.05, 0.1) is 22.1 Å². The zero-order valence-corrected chi connectivity index (χ0v) is 12.3. The second-order valence-electron chi connectivity index (χ2n) is 5.09. The highest BCUT2D eigenvalue weighted by molar-refractivity contribution is 7.11. The molecule has 0 radical (unpaired) electrons. The number of rotatable bonds is 5. The Morgan fingerprint density at radius 2 is 1.95 bits per heavy atom. The Labute approximate surface area is 117 Å². The molecule has 1 heterocycles. The fourth-order valence-electron chi connectivity index (χ4n) is 1.60. The summed E-state index contributed by atoms with van der Waals surface area (Å²) in [5.74, 6) is 0.880. The van der Waals surface area contributed by atoms with Crippen molar-refractivity contribution in [3.05, 3.63) is 45.9 Å². The van der Waals surface area contributed by atoms with Crippen LogP contribution in [0.3, 0.4) is 0 Å². The standard InChI is InChI=1S/C15H19NO2S/c1-11-4-6-12(7-5-11)18-9-8-14-16-10-13(19-14)15(2,3)17/h4-7,10,17H,8-9H2,1-3H3. The molecule has 0 saturated heterocycles. The molecule has 1 N–H and O–H groups in total. The topological polar surface area (TPSA) is 42.4 Å². The van der Waals surface area contributed by atoms with Gasteiger partial charge in [0.2, 0.25) is 0 Å². The molecule has 0 spiro atoms. The van der Waals surface area contributed by atoms with Gasteiger partial charge < -0.3 is 9.84 Å². The van der Waals surface area contributed by atoms with Crippen LogP contribution in [0.5, 0.6) is 5.75 Å². The Morgan fingerprint density at radius 1 is 1.26 bits per heavy atom. The van der Waals surface area contributed by atoms with Crippen molar-refractivity contribution in [2.24, 2.45) is 0 Å². The van der Waals surface area contributed by atoms with E-state index in [4.69, 9.17) is 4.74 Å². The predicted molar refractivity (Wildman–Crippen MR) is 77.7 cm³/mol. The van der Waals surface area contributed by atoms with E-state index in [1.54, 1.807) is 20.0 Å². The minimum Gasteiger partial charge on any atom is -0.493 e. The molecule has 0 fully saturated rings. The lowest BCUT2D eigenvalue weighted by Crippen LogP contribution is -2.12. The average Bonchev–Trinajstić information content (AvgIpc) is 2.80. The first-order valence-electron chi connectivity index (χ1n) is 6.32. The van der Waals surface area contributed by atoms with Crippen molar-refractivity contribution in [3.63, 3.8) is 0 Å². The van der Waals surface area contributed by atoms with Gasteiger partial charge in [-0.3, -0.25) is 0 Å². The van der Waals surface area contributed by atoms with Crippen LogP contribution in [-0.4, -0.2) is 16.7 Å². The molecule has 2 aromatic rings. The van der Waals surface area contributed by atoms with Gasteiger partial charge in [0.15, 0.2) is 0 Å². The molecule has 0 aliphatic heterocycles. The Balaban J connectivity index is 1.86. The van der Waals surface area contributed by atoms with Gasteiger partial charge in [0.25, 0.3) is 0 Å². The van der Waals surface area contributed by atoms with E-state index in [0.29, 0.717) is 6.61 Å². The molecule has 0 bridgehead atoms. The molecule has 0 saturated carbocycles. The molecule has 19 heavy (non-hydrogen) atoms. The summed E-state index contributed by atoms with van der Waals surface area (Å²) < 4.78 is 5.66. The average molecular weight is 277 g/mol. The molecule has 0 unspecified atom stereocenters. The fourth-order valence-corrected chi connectivity index (χ4v) is 2.50. The first kappa shape index (κ1) is 14.0. The lowest BCUT2D eigenvalue weighted by molar-refractivity contribution is 0.0823. The van der Waals surface area contributed by atoms with E-state index in [2.05, 4.69) is 11.9 Å². The van der Waals surface area contributed by atoms with E-state index in [9.17, 15) is 5.11 Å². The number of aromatic nitrogens is 1. The van der Waals surface area contributed by atoms with Gasteiger partial charge in [0, 0.05) is 12.6 Å². The largest absolute Gasteiger partial charge is 0.493 e. The van der Waals surface area contributed by atoms with Crippen LogP contribution < -0.4 is 4.74 Å². The zero-order chi connectivity index (χ0) is 13.9. The van der Waals surface area contributed by atoms with Gasteiger partial charge in [0.1, 0.15) is 5.75 Å². The molecule has 0 aliphatic rings. The van der Waals surface area contributed by atoms with E-state index >= 15 is 0 Å². The minimum atomic E-state index is -0.812. The van der Waals surface area contributed by atoms with Crippen LogP contribution in [0, 0.1) is 6.92 Å². The van der Waals surface area contributed by atoms with Crippen molar-refractivity contribution in [1.82, 2.24) is 4.98 Å². The summed E-state index contributed by atoms with van der Waals surface area (Å²) in [6.07, 6.45) is 2.50. The highest BCUT2D eigenvalue weighted by Gasteiger charge is 2.19. The lowest BCUT2D eigenvalue weighted by Gasteiger charge is -2.13. The molecule has 102 valence electrons. The smallest absolute Gasteiger partial charge is 0.119 e. The normalized spacial score (nSPS) is 11.6. The van der Waals surface area contributed by atoms with Crippen LogP contribution in [-0.2, 0) is 12.0 Å². The number of hydrogen-bond donors (Lipinski definition) is 1. The molecule has 0 amide bonds. The van der Waals surface area contributed by atoms with E-state index < -0.39 is 5.60 Å². The van der Waals surface area contributed by atoms with E-state index in [1.165, 1.54) is 16.9 Å². The molecule has 0 atom stereocenters. The van der Waals surface area contributed by atoms with Crippen molar-refractivity contribution in [2.45, 2.75) is 32.8 Å². The number of nitrogens with zero attached hydrogens (tertiary/aromatic N) is 1. The SMILES string of the molecule is Cc1ccc(OCCc2ncc(C(C)(C)O)s2)cc1. The predicted octanol–water partition coefficient (Wildman–Crippen LogP) is 3.30. The molecule has 1 aromatic heterocycles. The summed E-state index contributed by atoms with van der Waals surface area (Å²) in [6, 6.07) is 8.01. The van der Waals surface area contributed by atoms with Crippen LogP contribution in [0.4, 0.5) is 0 Å². The highest BCUT2D eigenvalue weighted by Crippen LogP contribution is 2.26. The van der Waals surface area contributed by atoms with E-state index in [0.717, 1.165) is 22.1 Å². The fraction of sp³-hybridized carbons (Fsp3) is 0.400. The molecule has 0 aliphatic carbocycles. The van der Waals surface area contributed by atoms with Gasteiger partial charge in [-0.2, -0.15) is 0 Å². The lowest BCUT2D eigenvalue weighted by atomic mass is 10.1. The van der Waals surface area contributed by atoms with E-state index in [1.807, 2.05) is 24.3 Å². The Bertz CT molecular complexity index is 526. The van der Waals surface area contributed by atoms with Crippen LogP contribution in [0.25, 0.3) is 0 Å². The minimum absolute atomic E-state index is 0.599. The number of aryl methyl sites for hydroxylation is 1. The summed E-state index contributed by atoms with van der Waals surface area (Å²) in [4.78, 5) is 5.19. The molecule has 1 aromatic carbocycles. The third-order valence-electron chi connectivity index (χ3n) is 2.76. The molecule has 3 nitrogen and oxygen atoms in total. The van der Waals surface area contributed by atoms with Crippen molar-refractivity contribution < 1.29 is 9.84 Å². The van der Waals surface area contributed by atoms with Gasteiger partial charge in [-0.05, 0) is 32.9 Å².